The average molecular weight is 296 g/mol. The SMILES string of the molecule is COc1ccc2cc(CC(=O)OS(=O)(=O)O)ccc2c1. The van der Waals surface area contributed by atoms with E-state index in [4.69, 9.17) is 9.29 Å². The highest BCUT2D eigenvalue weighted by molar-refractivity contribution is 7.81. The van der Waals surface area contributed by atoms with Gasteiger partial charge < -0.3 is 8.92 Å². The molecule has 0 saturated carbocycles. The van der Waals surface area contributed by atoms with Gasteiger partial charge in [0.05, 0.1) is 13.5 Å². The van der Waals surface area contributed by atoms with Crippen LogP contribution in [0.1, 0.15) is 5.56 Å². The zero-order valence-electron chi connectivity index (χ0n) is 10.6. The summed E-state index contributed by atoms with van der Waals surface area (Å²) in [4.78, 5) is 11.3. The van der Waals surface area contributed by atoms with Crippen LogP contribution >= 0.6 is 0 Å². The Morgan fingerprint density at radius 1 is 1.15 bits per heavy atom. The van der Waals surface area contributed by atoms with Crippen LogP contribution in [0.3, 0.4) is 0 Å². The van der Waals surface area contributed by atoms with Crippen LogP contribution in [0, 0.1) is 0 Å². The van der Waals surface area contributed by atoms with Gasteiger partial charge >= 0.3 is 16.4 Å². The molecule has 0 fully saturated rings. The highest BCUT2D eigenvalue weighted by Crippen LogP contribution is 2.22. The normalized spacial score (nSPS) is 11.3. The second-order valence-electron chi connectivity index (χ2n) is 4.11. The second kappa shape index (κ2) is 5.48. The fraction of sp³-hybridized carbons (Fsp3) is 0.154. The third-order valence-corrected chi connectivity index (χ3v) is 3.06. The van der Waals surface area contributed by atoms with Crippen molar-refractivity contribution in [2.45, 2.75) is 6.42 Å². The third-order valence-electron chi connectivity index (χ3n) is 2.66. The van der Waals surface area contributed by atoms with Crippen molar-refractivity contribution in [3.05, 3.63) is 42.0 Å². The minimum absolute atomic E-state index is 0.248. The molecule has 1 N–H and O–H groups in total. The summed E-state index contributed by atoms with van der Waals surface area (Å²) in [7, 11) is -3.19. The molecule has 0 aliphatic carbocycles. The summed E-state index contributed by atoms with van der Waals surface area (Å²) < 4.78 is 38.2. The highest BCUT2D eigenvalue weighted by Gasteiger charge is 2.13. The van der Waals surface area contributed by atoms with Crippen molar-refractivity contribution in [3.8, 4) is 5.75 Å². The molecule has 20 heavy (non-hydrogen) atoms. The third kappa shape index (κ3) is 3.69. The summed E-state index contributed by atoms with van der Waals surface area (Å²) in [5, 5.41) is 1.80. The van der Waals surface area contributed by atoms with Crippen molar-refractivity contribution >= 4 is 27.1 Å². The van der Waals surface area contributed by atoms with Gasteiger partial charge in [-0.3, -0.25) is 9.35 Å². The van der Waals surface area contributed by atoms with Crippen LogP contribution in [-0.4, -0.2) is 26.0 Å². The van der Waals surface area contributed by atoms with E-state index in [0.29, 0.717) is 5.56 Å². The Bertz CT molecular complexity index is 751. The lowest BCUT2D eigenvalue weighted by molar-refractivity contribution is -0.133. The first-order valence-electron chi connectivity index (χ1n) is 5.64. The first-order chi connectivity index (χ1) is 9.37. The molecule has 0 aliphatic heterocycles. The largest absolute Gasteiger partial charge is 0.497 e. The van der Waals surface area contributed by atoms with Crippen molar-refractivity contribution in [1.82, 2.24) is 0 Å². The van der Waals surface area contributed by atoms with Crippen LogP contribution in [0.5, 0.6) is 5.75 Å². The predicted molar refractivity (Wildman–Crippen MR) is 71.8 cm³/mol. The summed E-state index contributed by atoms with van der Waals surface area (Å²) in [6.45, 7) is 0. The van der Waals surface area contributed by atoms with E-state index in [1.807, 2.05) is 12.1 Å². The predicted octanol–water partition coefficient (Wildman–Crippen LogP) is 1.74. The Morgan fingerprint density at radius 2 is 1.80 bits per heavy atom. The van der Waals surface area contributed by atoms with Crippen molar-refractivity contribution in [1.29, 1.82) is 0 Å². The smallest absolute Gasteiger partial charge is 0.448 e. The maximum Gasteiger partial charge on any atom is 0.448 e. The van der Waals surface area contributed by atoms with Crippen LogP contribution in [0.15, 0.2) is 36.4 Å². The molecule has 2 aromatic carbocycles. The van der Waals surface area contributed by atoms with E-state index in [1.165, 1.54) is 0 Å². The van der Waals surface area contributed by atoms with Crippen molar-refractivity contribution in [2.75, 3.05) is 7.11 Å². The summed E-state index contributed by atoms with van der Waals surface area (Å²) in [6, 6.07) is 10.6. The number of carbonyl (C=O) groups is 1. The molecule has 2 aromatic rings. The average Bonchev–Trinajstić information content (AvgIpc) is 2.35. The lowest BCUT2D eigenvalue weighted by Crippen LogP contribution is -2.13. The molecule has 0 aromatic heterocycles. The molecule has 0 radical (unpaired) electrons. The Kier molecular flexibility index (Phi) is 3.91. The first-order valence-corrected chi connectivity index (χ1v) is 7.00. The minimum atomic E-state index is -4.76. The van der Waals surface area contributed by atoms with Crippen molar-refractivity contribution in [3.63, 3.8) is 0 Å². The molecule has 0 unspecified atom stereocenters. The number of rotatable bonds is 4. The summed E-state index contributed by atoms with van der Waals surface area (Å²) >= 11 is 0. The first kappa shape index (κ1) is 14.3. The van der Waals surface area contributed by atoms with Crippen LogP contribution in [-0.2, 0) is 25.8 Å². The van der Waals surface area contributed by atoms with Crippen LogP contribution in [0.25, 0.3) is 10.8 Å². The number of hydrogen-bond donors (Lipinski definition) is 1. The van der Waals surface area contributed by atoms with E-state index >= 15 is 0 Å². The second-order valence-corrected chi connectivity index (χ2v) is 5.13. The molecular formula is C13H12O6S. The summed E-state index contributed by atoms with van der Waals surface area (Å²) in [5.74, 6) is -0.323. The van der Waals surface area contributed by atoms with Gasteiger partial charge in [-0.1, -0.05) is 24.3 Å². The molecule has 0 aliphatic rings. The van der Waals surface area contributed by atoms with Crippen LogP contribution < -0.4 is 4.74 Å². The number of carbonyl (C=O) groups excluding carboxylic acids is 1. The zero-order chi connectivity index (χ0) is 14.8. The fourth-order valence-corrected chi connectivity index (χ4v) is 2.12. The van der Waals surface area contributed by atoms with E-state index in [9.17, 15) is 13.2 Å². The van der Waals surface area contributed by atoms with Gasteiger partial charge in [0.25, 0.3) is 0 Å². The standard InChI is InChI=1S/C13H12O6S/c1-18-12-5-4-10-6-9(2-3-11(10)8-12)7-13(14)19-20(15,16)17/h2-6,8H,7H2,1H3,(H,15,16,17). The van der Waals surface area contributed by atoms with Gasteiger partial charge in [0.15, 0.2) is 0 Å². The molecule has 0 spiro atoms. The number of ether oxygens (including phenoxy) is 1. The fourth-order valence-electron chi connectivity index (χ4n) is 1.82. The molecule has 6 nitrogen and oxygen atoms in total. The molecule has 7 heteroatoms. The molecule has 0 amide bonds. The van der Waals surface area contributed by atoms with Gasteiger partial charge in [-0.2, -0.15) is 8.42 Å². The van der Waals surface area contributed by atoms with Gasteiger partial charge in [-0.05, 0) is 28.5 Å². The molecule has 0 heterocycles. The van der Waals surface area contributed by atoms with Crippen molar-refractivity contribution < 1.29 is 26.7 Å². The zero-order valence-corrected chi connectivity index (χ0v) is 11.4. The van der Waals surface area contributed by atoms with Gasteiger partial charge in [0.2, 0.25) is 0 Å². The van der Waals surface area contributed by atoms with Gasteiger partial charge in [-0.25, -0.2) is 0 Å². The lowest BCUT2D eigenvalue weighted by atomic mass is 10.0. The Labute approximate surface area is 115 Å². The maximum atomic E-state index is 11.3. The van der Waals surface area contributed by atoms with Gasteiger partial charge in [0, 0.05) is 0 Å². The van der Waals surface area contributed by atoms with Crippen molar-refractivity contribution in [2.24, 2.45) is 0 Å². The number of fused-ring (bicyclic) bond motifs is 1. The molecule has 0 saturated heterocycles. The molecule has 0 atom stereocenters. The Balaban J connectivity index is 2.22. The summed E-state index contributed by atoms with van der Waals surface area (Å²) in [5.41, 5.74) is 0.580. The number of methoxy groups -OCH3 is 1. The van der Waals surface area contributed by atoms with E-state index in [0.717, 1.165) is 16.5 Å². The number of hydrogen-bond acceptors (Lipinski definition) is 5. The van der Waals surface area contributed by atoms with E-state index in [2.05, 4.69) is 4.18 Å². The molecule has 0 bridgehead atoms. The van der Waals surface area contributed by atoms with Crippen LogP contribution in [0.2, 0.25) is 0 Å². The quantitative estimate of drug-likeness (QED) is 0.864. The van der Waals surface area contributed by atoms with E-state index < -0.39 is 16.4 Å². The van der Waals surface area contributed by atoms with Crippen LogP contribution in [0.4, 0.5) is 0 Å². The van der Waals surface area contributed by atoms with E-state index in [1.54, 1.807) is 31.4 Å². The lowest BCUT2D eigenvalue weighted by Gasteiger charge is -2.05. The Morgan fingerprint density at radius 3 is 2.45 bits per heavy atom. The monoisotopic (exact) mass is 296 g/mol. The minimum Gasteiger partial charge on any atom is -0.497 e. The van der Waals surface area contributed by atoms with Gasteiger partial charge in [0.1, 0.15) is 5.75 Å². The summed E-state index contributed by atoms with van der Waals surface area (Å²) in [6.07, 6.45) is -0.248. The topological polar surface area (TPSA) is 89.9 Å². The number of benzene rings is 2. The molecule has 106 valence electrons. The molecular weight excluding hydrogens is 284 g/mol. The van der Waals surface area contributed by atoms with Gasteiger partial charge in [-0.15, -0.1) is 0 Å². The molecule has 2 rings (SSSR count). The Hall–Kier alpha value is -2.12. The van der Waals surface area contributed by atoms with E-state index in [-0.39, 0.29) is 6.42 Å². The highest BCUT2D eigenvalue weighted by atomic mass is 32.3. The maximum absolute atomic E-state index is 11.3.